The van der Waals surface area contributed by atoms with Gasteiger partial charge in [-0.2, -0.15) is 0 Å². The molecule has 0 bridgehead atoms. The SMILES string of the molecule is CC(C)c1cc(N)nc(-c2ccc3c(c2)CCCN3C)n1. The molecule has 3 rings (SSSR count). The number of nitrogens with zero attached hydrogens (tertiary/aromatic N) is 3. The molecule has 2 N–H and O–H groups in total. The van der Waals surface area contributed by atoms with Crippen LogP contribution in [0.25, 0.3) is 11.4 Å². The normalized spacial score (nSPS) is 14.4. The summed E-state index contributed by atoms with van der Waals surface area (Å²) in [7, 11) is 2.14. The molecule has 0 saturated heterocycles. The van der Waals surface area contributed by atoms with Gasteiger partial charge in [-0.3, -0.25) is 0 Å². The zero-order valence-corrected chi connectivity index (χ0v) is 12.9. The van der Waals surface area contributed by atoms with Crippen molar-refractivity contribution in [1.29, 1.82) is 0 Å². The molecule has 1 aliphatic rings. The topological polar surface area (TPSA) is 55.0 Å². The molecule has 0 radical (unpaired) electrons. The number of anilines is 2. The smallest absolute Gasteiger partial charge is 0.161 e. The molecule has 0 saturated carbocycles. The van der Waals surface area contributed by atoms with Crippen molar-refractivity contribution in [1.82, 2.24) is 9.97 Å². The fourth-order valence-electron chi connectivity index (χ4n) is 2.83. The maximum atomic E-state index is 5.94. The predicted molar refractivity (Wildman–Crippen MR) is 87.6 cm³/mol. The van der Waals surface area contributed by atoms with Gasteiger partial charge in [0.15, 0.2) is 5.82 Å². The van der Waals surface area contributed by atoms with E-state index in [9.17, 15) is 0 Å². The Hall–Kier alpha value is -2.10. The van der Waals surface area contributed by atoms with Gasteiger partial charge in [-0.25, -0.2) is 9.97 Å². The molecule has 0 fully saturated rings. The van der Waals surface area contributed by atoms with Gasteiger partial charge in [0.2, 0.25) is 0 Å². The highest BCUT2D eigenvalue weighted by molar-refractivity contribution is 5.66. The standard InChI is InChI=1S/C17H22N4/c1-11(2)14-10-16(18)20-17(19-14)13-6-7-15-12(9-13)5-4-8-21(15)3/h6-7,9-11H,4-5,8H2,1-3H3,(H2,18,19,20). The summed E-state index contributed by atoms with van der Waals surface area (Å²) in [5.74, 6) is 1.62. The molecular formula is C17H22N4. The lowest BCUT2D eigenvalue weighted by Gasteiger charge is -2.27. The van der Waals surface area contributed by atoms with E-state index >= 15 is 0 Å². The molecule has 1 aliphatic heterocycles. The molecule has 21 heavy (non-hydrogen) atoms. The molecule has 110 valence electrons. The number of hydrogen-bond acceptors (Lipinski definition) is 4. The summed E-state index contributed by atoms with van der Waals surface area (Å²) >= 11 is 0. The van der Waals surface area contributed by atoms with E-state index in [1.807, 2.05) is 6.07 Å². The van der Waals surface area contributed by atoms with Crippen LogP contribution in [0.4, 0.5) is 11.5 Å². The molecule has 0 aliphatic carbocycles. The number of nitrogen functional groups attached to an aromatic ring is 1. The van der Waals surface area contributed by atoms with Crippen molar-refractivity contribution in [2.75, 3.05) is 24.2 Å². The summed E-state index contributed by atoms with van der Waals surface area (Å²) in [6, 6.07) is 8.34. The number of nitrogens with two attached hydrogens (primary N) is 1. The Morgan fingerprint density at radius 3 is 2.76 bits per heavy atom. The molecular weight excluding hydrogens is 260 g/mol. The fourth-order valence-corrected chi connectivity index (χ4v) is 2.83. The molecule has 2 aromatic rings. The van der Waals surface area contributed by atoms with Gasteiger partial charge in [-0.1, -0.05) is 13.8 Å². The molecule has 0 spiro atoms. The van der Waals surface area contributed by atoms with Gasteiger partial charge in [0.05, 0.1) is 0 Å². The van der Waals surface area contributed by atoms with Crippen molar-refractivity contribution in [3.8, 4) is 11.4 Å². The van der Waals surface area contributed by atoms with Crippen molar-refractivity contribution < 1.29 is 0 Å². The van der Waals surface area contributed by atoms with Crippen LogP contribution in [0.2, 0.25) is 0 Å². The maximum Gasteiger partial charge on any atom is 0.161 e. The van der Waals surface area contributed by atoms with E-state index in [-0.39, 0.29) is 0 Å². The van der Waals surface area contributed by atoms with Crippen LogP contribution >= 0.6 is 0 Å². The lowest BCUT2D eigenvalue weighted by atomic mass is 9.99. The Kier molecular flexibility index (Phi) is 3.53. The van der Waals surface area contributed by atoms with Crippen LogP contribution in [0.3, 0.4) is 0 Å². The number of hydrogen-bond donors (Lipinski definition) is 1. The van der Waals surface area contributed by atoms with E-state index in [1.54, 1.807) is 0 Å². The zero-order chi connectivity index (χ0) is 15.0. The Morgan fingerprint density at radius 1 is 1.19 bits per heavy atom. The van der Waals surface area contributed by atoms with Gasteiger partial charge in [0, 0.05) is 36.6 Å². The number of aromatic nitrogens is 2. The Labute approximate surface area is 126 Å². The van der Waals surface area contributed by atoms with Crippen LogP contribution in [-0.4, -0.2) is 23.6 Å². The van der Waals surface area contributed by atoms with Gasteiger partial charge >= 0.3 is 0 Å². The maximum absolute atomic E-state index is 5.94. The first kappa shape index (κ1) is 13.9. The van der Waals surface area contributed by atoms with Gasteiger partial charge in [-0.15, -0.1) is 0 Å². The summed E-state index contributed by atoms with van der Waals surface area (Å²) in [6.45, 7) is 5.36. The van der Waals surface area contributed by atoms with Crippen molar-refractivity contribution in [3.05, 3.63) is 35.5 Å². The molecule has 2 heterocycles. The molecule has 0 unspecified atom stereocenters. The largest absolute Gasteiger partial charge is 0.384 e. The van der Waals surface area contributed by atoms with Crippen molar-refractivity contribution in [2.24, 2.45) is 0 Å². The molecule has 4 nitrogen and oxygen atoms in total. The highest BCUT2D eigenvalue weighted by Gasteiger charge is 2.15. The van der Waals surface area contributed by atoms with Crippen molar-refractivity contribution >= 4 is 11.5 Å². The van der Waals surface area contributed by atoms with E-state index < -0.39 is 0 Å². The minimum absolute atomic E-state index is 0.345. The second-order valence-electron chi connectivity index (χ2n) is 6.06. The molecule has 4 heteroatoms. The summed E-state index contributed by atoms with van der Waals surface area (Å²) in [4.78, 5) is 11.4. The first-order valence-corrected chi connectivity index (χ1v) is 7.53. The van der Waals surface area contributed by atoms with Crippen LogP contribution in [0.1, 0.15) is 37.4 Å². The lowest BCUT2D eigenvalue weighted by Crippen LogP contribution is -2.24. The highest BCUT2D eigenvalue weighted by atomic mass is 15.1. The lowest BCUT2D eigenvalue weighted by molar-refractivity contribution is 0.744. The van der Waals surface area contributed by atoms with Gasteiger partial charge in [0.25, 0.3) is 0 Å². The van der Waals surface area contributed by atoms with Crippen LogP contribution in [-0.2, 0) is 6.42 Å². The van der Waals surface area contributed by atoms with Crippen molar-refractivity contribution in [2.45, 2.75) is 32.6 Å². The summed E-state index contributed by atoms with van der Waals surface area (Å²) < 4.78 is 0. The van der Waals surface area contributed by atoms with E-state index in [0.717, 1.165) is 30.0 Å². The van der Waals surface area contributed by atoms with E-state index in [0.29, 0.717) is 11.7 Å². The number of rotatable bonds is 2. The van der Waals surface area contributed by atoms with E-state index in [4.69, 9.17) is 5.73 Å². The molecule has 0 amide bonds. The third kappa shape index (κ3) is 2.71. The molecule has 1 aromatic heterocycles. The minimum Gasteiger partial charge on any atom is -0.384 e. The average molecular weight is 282 g/mol. The van der Waals surface area contributed by atoms with Crippen LogP contribution in [0, 0.1) is 0 Å². The van der Waals surface area contributed by atoms with Gasteiger partial charge < -0.3 is 10.6 Å². The zero-order valence-electron chi connectivity index (χ0n) is 12.9. The third-order valence-electron chi connectivity index (χ3n) is 4.05. The van der Waals surface area contributed by atoms with Crippen molar-refractivity contribution in [3.63, 3.8) is 0 Å². The van der Waals surface area contributed by atoms with E-state index in [1.165, 1.54) is 17.7 Å². The van der Waals surface area contributed by atoms with Gasteiger partial charge in [-0.05, 0) is 42.5 Å². The average Bonchev–Trinajstić information content (AvgIpc) is 2.46. The molecule has 1 aromatic carbocycles. The van der Waals surface area contributed by atoms with E-state index in [2.05, 4.69) is 54.0 Å². The van der Waals surface area contributed by atoms with Crippen LogP contribution < -0.4 is 10.6 Å². The third-order valence-corrected chi connectivity index (χ3v) is 4.05. The number of aryl methyl sites for hydroxylation is 1. The Morgan fingerprint density at radius 2 is 2.00 bits per heavy atom. The fraction of sp³-hybridized carbons (Fsp3) is 0.412. The quantitative estimate of drug-likeness (QED) is 0.918. The second kappa shape index (κ2) is 5.35. The molecule has 0 atom stereocenters. The second-order valence-corrected chi connectivity index (χ2v) is 6.06. The predicted octanol–water partition coefficient (Wildman–Crippen LogP) is 3.23. The van der Waals surface area contributed by atoms with Crippen LogP contribution in [0.15, 0.2) is 24.3 Å². The number of fused-ring (bicyclic) bond motifs is 1. The summed E-state index contributed by atoms with van der Waals surface area (Å²) in [6.07, 6.45) is 2.31. The first-order valence-electron chi connectivity index (χ1n) is 7.53. The first-order chi connectivity index (χ1) is 10.0. The minimum atomic E-state index is 0.345. The van der Waals surface area contributed by atoms with Gasteiger partial charge in [0.1, 0.15) is 5.82 Å². The van der Waals surface area contributed by atoms with Crippen LogP contribution in [0.5, 0.6) is 0 Å². The summed E-state index contributed by atoms with van der Waals surface area (Å²) in [5, 5.41) is 0. The monoisotopic (exact) mass is 282 g/mol. The number of benzene rings is 1. The Bertz CT molecular complexity index is 664. The Balaban J connectivity index is 2.05. The highest BCUT2D eigenvalue weighted by Crippen LogP contribution is 2.30. The summed E-state index contributed by atoms with van der Waals surface area (Å²) in [5.41, 5.74) is 10.7.